The Hall–Kier alpha value is -0.666. The summed E-state index contributed by atoms with van der Waals surface area (Å²) in [4.78, 5) is 31.4. The van der Waals surface area contributed by atoms with Crippen LogP contribution in [0.2, 0.25) is 36.3 Å². The topological polar surface area (TPSA) is 58.6 Å². The third-order valence-electron chi connectivity index (χ3n) is 6.79. The van der Waals surface area contributed by atoms with E-state index in [2.05, 4.69) is 72.7 Å². The van der Waals surface area contributed by atoms with Crippen LogP contribution in [-0.4, -0.2) is 52.0 Å². The molecule has 158 valence electrons. The molecule has 1 aliphatic rings. The zero-order chi connectivity index (χ0) is 21.4. The third-order valence-corrected chi connectivity index (χ3v) is 16.0. The Labute approximate surface area is 168 Å². The van der Waals surface area contributed by atoms with Crippen molar-refractivity contribution in [2.45, 2.75) is 110 Å². The summed E-state index contributed by atoms with van der Waals surface area (Å²) < 4.78 is 6.00. The predicted molar refractivity (Wildman–Crippen MR) is 118 cm³/mol. The van der Waals surface area contributed by atoms with Gasteiger partial charge in [0.1, 0.15) is 14.3 Å². The molecule has 1 heterocycles. The highest BCUT2D eigenvalue weighted by Gasteiger charge is 2.45. The van der Waals surface area contributed by atoms with E-state index < -0.39 is 22.6 Å². The van der Waals surface area contributed by atoms with E-state index >= 15 is 0 Å². The maximum absolute atomic E-state index is 13.1. The Morgan fingerprint density at radius 3 is 2.00 bits per heavy atom. The number of rotatable bonds is 5. The predicted octanol–water partition coefficient (Wildman–Crippen LogP) is 4.51. The van der Waals surface area contributed by atoms with E-state index in [0.717, 1.165) is 6.42 Å². The fourth-order valence-electron chi connectivity index (χ4n) is 2.82. The van der Waals surface area contributed by atoms with E-state index in [1.165, 1.54) is 0 Å². The van der Waals surface area contributed by atoms with Gasteiger partial charge in [-0.05, 0) is 42.9 Å². The Balaban J connectivity index is 2.87. The van der Waals surface area contributed by atoms with Crippen LogP contribution in [-0.2, 0) is 14.0 Å². The van der Waals surface area contributed by atoms with Crippen LogP contribution >= 0.6 is 0 Å². The maximum atomic E-state index is 13.1. The van der Waals surface area contributed by atoms with Gasteiger partial charge < -0.3 is 14.3 Å². The summed E-state index contributed by atoms with van der Waals surface area (Å²) in [6.07, 6.45) is 1.56. The van der Waals surface area contributed by atoms with E-state index in [9.17, 15) is 9.59 Å². The second kappa shape index (κ2) is 7.99. The fraction of sp³-hybridized carbons (Fsp3) is 0.900. The van der Waals surface area contributed by atoms with E-state index in [1.807, 2.05) is 6.92 Å². The first-order chi connectivity index (χ1) is 11.9. The molecule has 1 aliphatic heterocycles. The van der Waals surface area contributed by atoms with Gasteiger partial charge in [-0.3, -0.25) is 9.59 Å². The number of carbonyl (C=O) groups is 2. The normalized spacial score (nSPS) is 20.6. The van der Waals surface area contributed by atoms with Gasteiger partial charge in [-0.1, -0.05) is 54.6 Å². The highest BCUT2D eigenvalue weighted by atomic mass is 28.4. The molecule has 1 rings (SSSR count). The first kappa shape index (κ1) is 24.4. The van der Waals surface area contributed by atoms with Gasteiger partial charge >= 0.3 is 5.97 Å². The lowest BCUT2D eigenvalue weighted by Crippen LogP contribution is -2.60. The van der Waals surface area contributed by atoms with Crippen LogP contribution in [0.3, 0.4) is 0 Å². The summed E-state index contributed by atoms with van der Waals surface area (Å²) in [6, 6.07) is -0.720. The molecule has 2 atom stereocenters. The Bertz CT molecular complexity index is 563. The summed E-state index contributed by atoms with van der Waals surface area (Å²) in [5, 5.41) is 0.112. The molecule has 0 spiro atoms. The summed E-state index contributed by atoms with van der Waals surface area (Å²) in [5.41, 5.74) is 0. The minimum absolute atomic E-state index is 0.0227. The second-order valence-electron chi connectivity index (χ2n) is 11.1. The lowest BCUT2D eigenvalue weighted by Gasteiger charge is -2.40. The van der Waals surface area contributed by atoms with Gasteiger partial charge in [-0.2, -0.15) is 0 Å². The zero-order valence-corrected chi connectivity index (χ0v) is 21.4. The van der Waals surface area contributed by atoms with Crippen molar-refractivity contribution < 1.29 is 14.0 Å². The molecule has 5 nitrogen and oxygen atoms in total. The number of nitrogens with zero attached hydrogens (tertiary/aromatic N) is 1. The van der Waals surface area contributed by atoms with Crippen LogP contribution in [0.15, 0.2) is 0 Å². The van der Waals surface area contributed by atoms with Crippen molar-refractivity contribution in [3.8, 4) is 0 Å². The van der Waals surface area contributed by atoms with Gasteiger partial charge in [0.05, 0.1) is 6.04 Å². The van der Waals surface area contributed by atoms with Gasteiger partial charge in [0, 0.05) is 6.54 Å². The van der Waals surface area contributed by atoms with Crippen LogP contribution < -0.4 is 4.98 Å². The number of hydrogen-bond donors (Lipinski definition) is 1. The van der Waals surface area contributed by atoms with Crippen LogP contribution in [0.1, 0.15) is 61.3 Å². The number of carbonyl (C=O) groups excluding carboxylic acids is 2. The average Bonchev–Trinajstić information content (AvgIpc) is 2.92. The van der Waals surface area contributed by atoms with Crippen LogP contribution in [0, 0.1) is 0 Å². The summed E-state index contributed by atoms with van der Waals surface area (Å²) >= 11 is 0. The molecule has 0 aliphatic carbocycles. The van der Waals surface area contributed by atoms with Gasteiger partial charge in [0.2, 0.25) is 5.91 Å². The Morgan fingerprint density at radius 2 is 1.56 bits per heavy atom. The molecule has 1 amide bonds. The smallest absolute Gasteiger partial charge is 0.315 e. The number of nitrogens with one attached hydrogen (secondary N) is 1. The molecular formula is C20H42N2O3Si2. The van der Waals surface area contributed by atoms with Crippen molar-refractivity contribution in [2.24, 2.45) is 0 Å². The van der Waals surface area contributed by atoms with Crippen LogP contribution in [0.5, 0.6) is 0 Å². The van der Waals surface area contributed by atoms with Gasteiger partial charge in [-0.15, -0.1) is 0 Å². The minimum atomic E-state index is -2.19. The SMILES string of the molecule is CC(N[Si](C)(C)C(C)(C)C)C(=O)N1CCCC1C(=O)O[Si](C)(C)C(C)(C)C. The second-order valence-corrected chi connectivity index (χ2v) is 20.9. The molecule has 1 saturated heterocycles. The summed E-state index contributed by atoms with van der Waals surface area (Å²) in [6.45, 7) is 24.3. The molecular weight excluding hydrogens is 372 g/mol. The highest BCUT2D eigenvalue weighted by Crippen LogP contribution is 2.37. The van der Waals surface area contributed by atoms with Gasteiger partial charge in [0.15, 0.2) is 0 Å². The van der Waals surface area contributed by atoms with Gasteiger partial charge in [-0.25, -0.2) is 0 Å². The molecule has 0 aromatic rings. The molecule has 27 heavy (non-hydrogen) atoms. The van der Waals surface area contributed by atoms with Gasteiger partial charge in [0.25, 0.3) is 8.32 Å². The molecule has 0 aromatic carbocycles. The molecule has 7 heteroatoms. The Morgan fingerprint density at radius 1 is 1.04 bits per heavy atom. The van der Waals surface area contributed by atoms with Crippen molar-refractivity contribution in [3.63, 3.8) is 0 Å². The number of likely N-dealkylation sites (tertiary alicyclic amines) is 1. The molecule has 2 unspecified atom stereocenters. The number of amides is 1. The summed E-state index contributed by atoms with van der Waals surface area (Å²) in [7, 11) is -3.99. The fourth-order valence-corrected chi connectivity index (χ4v) is 5.40. The molecule has 0 radical (unpaired) electrons. The Kier molecular flexibility index (Phi) is 7.21. The van der Waals surface area contributed by atoms with Crippen molar-refractivity contribution in [3.05, 3.63) is 0 Å². The average molecular weight is 415 g/mol. The molecule has 0 bridgehead atoms. The van der Waals surface area contributed by atoms with E-state index in [0.29, 0.717) is 13.0 Å². The minimum Gasteiger partial charge on any atom is -0.518 e. The molecule has 0 saturated carbocycles. The monoisotopic (exact) mass is 414 g/mol. The van der Waals surface area contributed by atoms with Crippen molar-refractivity contribution >= 4 is 28.4 Å². The quantitative estimate of drug-likeness (QED) is 0.672. The van der Waals surface area contributed by atoms with Crippen molar-refractivity contribution in [1.29, 1.82) is 0 Å². The zero-order valence-electron chi connectivity index (χ0n) is 19.4. The van der Waals surface area contributed by atoms with Crippen molar-refractivity contribution in [2.75, 3.05) is 6.54 Å². The molecule has 0 aromatic heterocycles. The maximum Gasteiger partial charge on any atom is 0.315 e. The van der Waals surface area contributed by atoms with E-state index in [-0.39, 0.29) is 28.0 Å². The standard InChI is InChI=1S/C20H42N2O3Si2/c1-15(21-26(8,9)19(2,3)4)17(23)22-14-12-13-16(22)18(24)25-27(10,11)20(5,6)7/h15-16,21H,12-14H2,1-11H3. The third kappa shape index (κ3) is 5.67. The van der Waals surface area contributed by atoms with E-state index in [4.69, 9.17) is 4.43 Å². The highest BCUT2D eigenvalue weighted by molar-refractivity contribution is 6.78. The van der Waals surface area contributed by atoms with E-state index in [1.54, 1.807) is 4.90 Å². The largest absolute Gasteiger partial charge is 0.518 e. The lowest BCUT2D eigenvalue weighted by molar-refractivity contribution is -0.147. The molecule has 1 N–H and O–H groups in total. The first-order valence-corrected chi connectivity index (χ1v) is 16.1. The van der Waals surface area contributed by atoms with Crippen LogP contribution in [0.25, 0.3) is 0 Å². The lowest BCUT2D eigenvalue weighted by atomic mass is 10.2. The number of hydrogen-bond acceptors (Lipinski definition) is 4. The summed E-state index contributed by atoms with van der Waals surface area (Å²) in [5.74, 6) is -0.193. The van der Waals surface area contributed by atoms with Crippen molar-refractivity contribution in [1.82, 2.24) is 9.88 Å². The molecule has 1 fully saturated rings. The van der Waals surface area contributed by atoms with Crippen LogP contribution in [0.4, 0.5) is 0 Å². The first-order valence-electron chi connectivity index (χ1n) is 10.2.